The van der Waals surface area contributed by atoms with Gasteiger partial charge in [-0.1, -0.05) is 18.2 Å². The fraction of sp³-hybridized carbons (Fsp3) is 0.0769. The molecule has 0 aliphatic rings. The first-order valence-electron chi connectivity index (χ1n) is 4.93. The smallest absolute Gasteiger partial charge is 0.204 e. The minimum absolute atomic E-state index is 0.137. The molecule has 0 aromatic heterocycles. The topological polar surface area (TPSA) is 0 Å². The number of halogens is 5. The van der Waals surface area contributed by atoms with Crippen molar-refractivity contribution in [2.75, 3.05) is 0 Å². The largest absolute Gasteiger partial charge is 0.416 e. The monoisotopic (exact) mass is 257 g/mol. The minimum atomic E-state index is -4.53. The van der Waals surface area contributed by atoms with Crippen molar-refractivity contribution in [3.05, 3.63) is 59.7 Å². The summed E-state index contributed by atoms with van der Waals surface area (Å²) >= 11 is 0. The van der Waals surface area contributed by atoms with E-state index in [0.29, 0.717) is 0 Å². The second-order valence-corrected chi connectivity index (χ2v) is 3.59. The van der Waals surface area contributed by atoms with E-state index in [1.807, 2.05) is 0 Å². The summed E-state index contributed by atoms with van der Waals surface area (Å²) in [5.74, 6) is -2.30. The highest BCUT2D eigenvalue weighted by molar-refractivity contribution is 5.64. The summed E-state index contributed by atoms with van der Waals surface area (Å²) < 4.78 is 63.9. The van der Waals surface area contributed by atoms with Gasteiger partial charge in [0.15, 0.2) is 11.6 Å². The molecule has 5 heteroatoms. The lowest BCUT2D eigenvalue weighted by Crippen LogP contribution is -2.04. The molecule has 0 aliphatic carbocycles. The van der Waals surface area contributed by atoms with E-state index < -0.39 is 23.4 Å². The highest BCUT2D eigenvalue weighted by Crippen LogP contribution is 2.32. The molecule has 93 valence electrons. The fourth-order valence-corrected chi connectivity index (χ4v) is 1.51. The Kier molecular flexibility index (Phi) is 3.07. The van der Waals surface area contributed by atoms with E-state index in [9.17, 15) is 22.0 Å². The average Bonchev–Trinajstić information content (AvgIpc) is 2.32. The molecule has 0 amide bonds. The fourth-order valence-electron chi connectivity index (χ4n) is 1.51. The molecule has 18 heavy (non-hydrogen) atoms. The van der Waals surface area contributed by atoms with Crippen LogP contribution in [0.1, 0.15) is 5.56 Å². The van der Waals surface area contributed by atoms with Crippen molar-refractivity contribution in [3.63, 3.8) is 0 Å². The molecule has 0 N–H and O–H groups in total. The van der Waals surface area contributed by atoms with Crippen LogP contribution >= 0.6 is 0 Å². The predicted molar refractivity (Wildman–Crippen MR) is 55.6 cm³/mol. The lowest BCUT2D eigenvalue weighted by atomic mass is 10.0. The molecule has 0 aliphatic heterocycles. The Labute approximate surface area is 99.7 Å². The molecule has 1 radical (unpaired) electrons. The maximum atomic E-state index is 13.4. The number of alkyl halides is 3. The van der Waals surface area contributed by atoms with Crippen LogP contribution in [-0.2, 0) is 6.18 Å². The quantitative estimate of drug-likeness (QED) is 0.662. The van der Waals surface area contributed by atoms with E-state index >= 15 is 0 Å². The highest BCUT2D eigenvalue weighted by atomic mass is 19.4. The first-order chi connectivity index (χ1) is 8.39. The van der Waals surface area contributed by atoms with E-state index in [0.717, 1.165) is 24.3 Å². The summed E-state index contributed by atoms with van der Waals surface area (Å²) in [4.78, 5) is 0. The van der Waals surface area contributed by atoms with Gasteiger partial charge in [0.1, 0.15) is 0 Å². The summed E-state index contributed by atoms with van der Waals surface area (Å²) in [6.07, 6.45) is -4.53. The molecule has 0 bridgehead atoms. The Balaban J connectivity index is 2.55. The zero-order chi connectivity index (χ0) is 13.3. The van der Waals surface area contributed by atoms with Crippen LogP contribution in [0.25, 0.3) is 11.1 Å². The van der Waals surface area contributed by atoms with Gasteiger partial charge in [0, 0.05) is 5.56 Å². The Bertz CT molecular complexity index is 572. The standard InChI is InChI=1S/C13H6F5/c14-11-6-2-5-10(12(11)15)8-3-1-4-9(7-8)13(16,17)18/h1-2,4-7H. The van der Waals surface area contributed by atoms with Crippen LogP contribution in [0.3, 0.4) is 0 Å². The number of rotatable bonds is 1. The third-order valence-electron chi connectivity index (χ3n) is 2.37. The maximum absolute atomic E-state index is 13.4. The van der Waals surface area contributed by atoms with Crippen molar-refractivity contribution < 1.29 is 22.0 Å². The normalized spacial score (nSPS) is 11.6. The SMILES string of the molecule is Fc1cccc(-c2[c]ccc(C(F)(F)F)c2)c1F. The first-order valence-corrected chi connectivity index (χ1v) is 4.93. The van der Waals surface area contributed by atoms with E-state index in [-0.39, 0.29) is 11.1 Å². The van der Waals surface area contributed by atoms with Gasteiger partial charge in [0.25, 0.3) is 0 Å². The van der Waals surface area contributed by atoms with E-state index in [2.05, 4.69) is 6.07 Å². The van der Waals surface area contributed by atoms with Crippen LogP contribution in [-0.4, -0.2) is 0 Å². The van der Waals surface area contributed by atoms with Gasteiger partial charge < -0.3 is 0 Å². The lowest BCUT2D eigenvalue weighted by molar-refractivity contribution is -0.137. The molecule has 2 rings (SSSR count). The maximum Gasteiger partial charge on any atom is 0.416 e. The van der Waals surface area contributed by atoms with Crippen LogP contribution in [0.5, 0.6) is 0 Å². The molecule has 2 aromatic carbocycles. The molecule has 0 nitrogen and oxygen atoms in total. The van der Waals surface area contributed by atoms with Gasteiger partial charge in [-0.05, 0) is 29.8 Å². The summed E-state index contributed by atoms with van der Waals surface area (Å²) in [5, 5.41) is 0. The second kappa shape index (κ2) is 4.40. The molecular weight excluding hydrogens is 251 g/mol. The number of hydrogen-bond donors (Lipinski definition) is 0. The lowest BCUT2D eigenvalue weighted by Gasteiger charge is -2.09. The summed E-state index contributed by atoms with van der Waals surface area (Å²) in [6, 6.07) is 8.36. The highest BCUT2D eigenvalue weighted by Gasteiger charge is 2.30. The Morgan fingerprint density at radius 3 is 2.39 bits per heavy atom. The molecule has 2 aromatic rings. The molecular formula is C13H6F5. The molecule has 0 unspecified atom stereocenters. The van der Waals surface area contributed by atoms with Gasteiger partial charge in [-0.3, -0.25) is 0 Å². The van der Waals surface area contributed by atoms with Crippen LogP contribution in [0.2, 0.25) is 0 Å². The van der Waals surface area contributed by atoms with Crippen molar-refractivity contribution >= 4 is 0 Å². The molecule has 0 heterocycles. The molecule has 0 saturated heterocycles. The Hall–Kier alpha value is -1.91. The van der Waals surface area contributed by atoms with Gasteiger partial charge in [0.05, 0.1) is 5.56 Å². The first kappa shape index (κ1) is 12.5. The van der Waals surface area contributed by atoms with Crippen LogP contribution in [0, 0.1) is 17.7 Å². The van der Waals surface area contributed by atoms with Crippen molar-refractivity contribution in [1.82, 2.24) is 0 Å². The van der Waals surface area contributed by atoms with Gasteiger partial charge in [-0.15, -0.1) is 0 Å². The van der Waals surface area contributed by atoms with Gasteiger partial charge in [0.2, 0.25) is 0 Å². The molecule has 0 spiro atoms. The molecule has 0 fully saturated rings. The third kappa shape index (κ3) is 2.34. The van der Waals surface area contributed by atoms with Gasteiger partial charge >= 0.3 is 6.18 Å². The second-order valence-electron chi connectivity index (χ2n) is 3.59. The Morgan fingerprint density at radius 2 is 1.72 bits per heavy atom. The third-order valence-corrected chi connectivity index (χ3v) is 2.37. The number of benzene rings is 2. The summed E-state index contributed by atoms with van der Waals surface area (Å²) in [5.41, 5.74) is -1.32. The minimum Gasteiger partial charge on any atom is -0.204 e. The summed E-state index contributed by atoms with van der Waals surface area (Å²) in [7, 11) is 0. The van der Waals surface area contributed by atoms with Crippen molar-refractivity contribution in [2.24, 2.45) is 0 Å². The Morgan fingerprint density at radius 1 is 1.00 bits per heavy atom. The van der Waals surface area contributed by atoms with Gasteiger partial charge in [-0.25, -0.2) is 8.78 Å². The van der Waals surface area contributed by atoms with Crippen LogP contribution < -0.4 is 0 Å². The van der Waals surface area contributed by atoms with E-state index in [1.54, 1.807) is 0 Å². The zero-order valence-electron chi connectivity index (χ0n) is 8.85. The van der Waals surface area contributed by atoms with Crippen LogP contribution in [0.4, 0.5) is 22.0 Å². The van der Waals surface area contributed by atoms with E-state index in [4.69, 9.17) is 0 Å². The van der Waals surface area contributed by atoms with Crippen molar-refractivity contribution in [2.45, 2.75) is 6.18 Å². The zero-order valence-corrected chi connectivity index (χ0v) is 8.85. The molecule has 0 saturated carbocycles. The van der Waals surface area contributed by atoms with Crippen molar-refractivity contribution in [3.8, 4) is 11.1 Å². The average molecular weight is 257 g/mol. The predicted octanol–water partition coefficient (Wildman–Crippen LogP) is 4.45. The molecule has 0 atom stereocenters. The van der Waals surface area contributed by atoms with Crippen LogP contribution in [0.15, 0.2) is 36.4 Å². The number of hydrogen-bond acceptors (Lipinski definition) is 0. The van der Waals surface area contributed by atoms with Crippen molar-refractivity contribution in [1.29, 1.82) is 0 Å². The summed E-state index contributed by atoms with van der Waals surface area (Å²) in [6.45, 7) is 0. The van der Waals surface area contributed by atoms with Gasteiger partial charge in [-0.2, -0.15) is 13.2 Å². The van der Waals surface area contributed by atoms with E-state index in [1.165, 1.54) is 12.1 Å².